The van der Waals surface area contributed by atoms with E-state index in [0.717, 1.165) is 16.2 Å². The molecule has 0 unspecified atom stereocenters. The highest BCUT2D eigenvalue weighted by molar-refractivity contribution is 5.85. The fraction of sp³-hybridized carbons (Fsp3) is 0.391. The van der Waals surface area contributed by atoms with E-state index in [1.807, 2.05) is 36.9 Å². The van der Waals surface area contributed by atoms with Crippen molar-refractivity contribution in [1.29, 1.82) is 0 Å². The SMILES string of the molecule is [2H]C([2H])(C)N1c2nccnc2N(c2cccc(N3c4nccnc4N(C([2H])([2H])C([2H])([2H])[2H])[C@@H]3C)c2C)[C@@H]1C. The largest absolute Gasteiger partial charge is 0.333 e. The normalized spacial score (nSPS) is 24.5. The summed E-state index contributed by atoms with van der Waals surface area (Å²) in [5.41, 5.74) is 2.21. The van der Waals surface area contributed by atoms with Crippen molar-refractivity contribution < 1.29 is 9.60 Å². The van der Waals surface area contributed by atoms with Crippen LogP contribution >= 0.6 is 0 Å². The quantitative estimate of drug-likeness (QED) is 0.618. The molecule has 2 atom stereocenters. The molecule has 0 bridgehead atoms. The summed E-state index contributed by atoms with van der Waals surface area (Å²) >= 11 is 0. The highest BCUT2D eigenvalue weighted by Gasteiger charge is 2.39. The Balaban J connectivity index is 1.64. The molecule has 0 radical (unpaired) electrons. The van der Waals surface area contributed by atoms with E-state index in [4.69, 9.17) is 9.60 Å². The maximum absolute atomic E-state index is 8.48. The molecule has 2 aliphatic heterocycles. The Morgan fingerprint density at radius 2 is 1.26 bits per heavy atom. The molecule has 4 heterocycles. The first-order valence-electron chi connectivity index (χ1n) is 13.6. The Bertz CT molecular complexity index is 1380. The monoisotopic (exact) mass is 423 g/mol. The molecule has 160 valence electrons. The highest BCUT2D eigenvalue weighted by Crippen LogP contribution is 2.47. The molecule has 0 aliphatic carbocycles. The summed E-state index contributed by atoms with van der Waals surface area (Å²) in [5, 5.41) is 0. The van der Waals surface area contributed by atoms with Crippen LogP contribution in [0.15, 0.2) is 43.0 Å². The highest BCUT2D eigenvalue weighted by atomic mass is 15.5. The summed E-state index contributed by atoms with van der Waals surface area (Å²) in [6.07, 6.45) is 4.78. The molecule has 0 fully saturated rings. The van der Waals surface area contributed by atoms with Crippen LogP contribution in [-0.2, 0) is 0 Å². The van der Waals surface area contributed by atoms with Crippen molar-refractivity contribution in [1.82, 2.24) is 19.9 Å². The lowest BCUT2D eigenvalue weighted by Gasteiger charge is -2.33. The van der Waals surface area contributed by atoms with E-state index in [1.54, 1.807) is 22.9 Å². The molecule has 0 spiro atoms. The molecule has 0 saturated heterocycles. The molecule has 8 heteroatoms. The molecular formula is C23H28N8. The fourth-order valence-corrected chi connectivity index (χ4v) is 4.47. The lowest BCUT2D eigenvalue weighted by molar-refractivity contribution is 0.679. The lowest BCUT2D eigenvalue weighted by atomic mass is 10.1. The molecule has 5 rings (SSSR count). The van der Waals surface area contributed by atoms with Crippen LogP contribution in [0.1, 0.15) is 42.8 Å². The maximum Gasteiger partial charge on any atom is 0.178 e. The zero-order valence-electron chi connectivity index (χ0n) is 24.8. The number of nitrogens with zero attached hydrogens (tertiary/aromatic N) is 8. The van der Waals surface area contributed by atoms with E-state index < -0.39 is 32.2 Å². The van der Waals surface area contributed by atoms with Crippen LogP contribution in [0.3, 0.4) is 0 Å². The van der Waals surface area contributed by atoms with Crippen LogP contribution in [0.5, 0.6) is 0 Å². The third-order valence-electron chi connectivity index (χ3n) is 5.89. The molecule has 3 aromatic rings. The van der Waals surface area contributed by atoms with Crippen LogP contribution in [0.2, 0.25) is 0 Å². The number of hydrogen-bond acceptors (Lipinski definition) is 8. The van der Waals surface area contributed by atoms with Gasteiger partial charge in [-0.25, -0.2) is 19.9 Å². The van der Waals surface area contributed by atoms with Gasteiger partial charge in [-0.2, -0.15) is 0 Å². The summed E-state index contributed by atoms with van der Waals surface area (Å²) in [5.74, 6) is 1.43. The van der Waals surface area contributed by atoms with Gasteiger partial charge in [0.25, 0.3) is 0 Å². The van der Waals surface area contributed by atoms with Crippen LogP contribution in [0.4, 0.5) is 34.6 Å². The summed E-state index contributed by atoms with van der Waals surface area (Å²) in [4.78, 5) is 24.1. The second-order valence-corrected chi connectivity index (χ2v) is 7.41. The summed E-state index contributed by atoms with van der Waals surface area (Å²) in [7, 11) is 0. The van der Waals surface area contributed by atoms with Crippen LogP contribution in [0, 0.1) is 6.92 Å². The molecule has 1 aromatic carbocycles. The molecule has 2 aromatic heterocycles. The minimum absolute atomic E-state index is 0.141. The molecular weight excluding hydrogens is 388 g/mol. The van der Waals surface area contributed by atoms with Gasteiger partial charge < -0.3 is 19.6 Å². The van der Waals surface area contributed by atoms with Gasteiger partial charge in [0.05, 0.1) is 0 Å². The van der Waals surface area contributed by atoms with Gasteiger partial charge in [0.2, 0.25) is 0 Å². The molecule has 0 saturated carbocycles. The Hall–Kier alpha value is -3.42. The summed E-state index contributed by atoms with van der Waals surface area (Å²) < 4.78 is 57.3. The number of aromatic nitrogens is 4. The summed E-state index contributed by atoms with van der Waals surface area (Å²) in [6, 6.07) is 5.60. The van der Waals surface area contributed by atoms with Crippen LogP contribution in [0.25, 0.3) is 0 Å². The number of fused-ring (bicyclic) bond motifs is 2. The third kappa shape index (κ3) is 2.74. The maximum atomic E-state index is 8.48. The first-order chi connectivity index (χ1) is 17.7. The van der Waals surface area contributed by atoms with Crippen molar-refractivity contribution in [2.75, 3.05) is 32.6 Å². The topological polar surface area (TPSA) is 64.5 Å². The standard InChI is InChI=1S/C23H28N8/c1-6-28-16(4)30(22-20(28)24-11-13-26-22)18-9-8-10-19(15(18)3)31-17(5)29(7-2)21-23(31)27-14-12-25-21/h8-14,16-17H,6-7H2,1-5H3/t16-,17+/i1D3,6D2,7D2/m0/s1. The average molecular weight is 424 g/mol. The minimum Gasteiger partial charge on any atom is -0.333 e. The van der Waals surface area contributed by atoms with Crippen molar-refractivity contribution in [3.63, 3.8) is 0 Å². The van der Waals surface area contributed by atoms with Gasteiger partial charge >= 0.3 is 0 Å². The van der Waals surface area contributed by atoms with E-state index in [9.17, 15) is 0 Å². The first kappa shape index (κ1) is 13.1. The zero-order chi connectivity index (χ0) is 27.8. The van der Waals surface area contributed by atoms with Crippen molar-refractivity contribution in [2.45, 2.75) is 46.9 Å². The summed E-state index contributed by atoms with van der Waals surface area (Å²) in [6.45, 7) is -0.371. The fourth-order valence-electron chi connectivity index (χ4n) is 4.47. The Labute approximate surface area is 193 Å². The molecule has 31 heavy (non-hydrogen) atoms. The molecule has 8 nitrogen and oxygen atoms in total. The van der Waals surface area contributed by atoms with Gasteiger partial charge in [0.15, 0.2) is 23.3 Å². The van der Waals surface area contributed by atoms with Gasteiger partial charge in [0, 0.05) is 58.8 Å². The molecule has 0 amide bonds. The zero-order valence-corrected chi connectivity index (χ0v) is 17.8. The Morgan fingerprint density at radius 1 is 0.806 bits per heavy atom. The van der Waals surface area contributed by atoms with E-state index in [0.29, 0.717) is 23.1 Å². The predicted molar refractivity (Wildman–Crippen MR) is 124 cm³/mol. The van der Waals surface area contributed by atoms with E-state index in [1.165, 1.54) is 25.5 Å². The smallest absolute Gasteiger partial charge is 0.178 e. The van der Waals surface area contributed by atoms with Crippen molar-refractivity contribution >= 4 is 34.6 Å². The van der Waals surface area contributed by atoms with Crippen molar-refractivity contribution in [3.8, 4) is 0 Å². The van der Waals surface area contributed by atoms with Crippen LogP contribution in [-0.4, -0.2) is 45.3 Å². The average Bonchev–Trinajstić information content (AvgIpc) is 3.29. The second-order valence-electron chi connectivity index (χ2n) is 7.41. The Morgan fingerprint density at radius 3 is 1.71 bits per heavy atom. The van der Waals surface area contributed by atoms with E-state index in [-0.39, 0.29) is 5.82 Å². The van der Waals surface area contributed by atoms with Crippen molar-refractivity contribution in [2.24, 2.45) is 0 Å². The lowest BCUT2D eigenvalue weighted by Crippen LogP contribution is -2.40. The number of rotatable bonds is 4. The van der Waals surface area contributed by atoms with Gasteiger partial charge in [0.1, 0.15) is 12.3 Å². The number of anilines is 6. The molecule has 2 aliphatic rings. The van der Waals surface area contributed by atoms with Gasteiger partial charge in [-0.15, -0.1) is 0 Å². The van der Waals surface area contributed by atoms with E-state index in [2.05, 4.69) is 19.9 Å². The first-order valence-corrected chi connectivity index (χ1v) is 10.1. The minimum atomic E-state index is -2.93. The molecule has 0 N–H and O–H groups in total. The van der Waals surface area contributed by atoms with Crippen LogP contribution < -0.4 is 19.6 Å². The van der Waals surface area contributed by atoms with Gasteiger partial charge in [-0.3, -0.25) is 0 Å². The number of benzene rings is 1. The second kappa shape index (κ2) is 7.37. The predicted octanol–water partition coefficient (Wildman–Crippen LogP) is 4.22. The van der Waals surface area contributed by atoms with Gasteiger partial charge in [-0.05, 0) is 52.2 Å². The Kier molecular flexibility index (Phi) is 3.11. The van der Waals surface area contributed by atoms with Gasteiger partial charge in [-0.1, -0.05) is 6.07 Å². The number of hydrogen-bond donors (Lipinski definition) is 0. The van der Waals surface area contributed by atoms with Crippen molar-refractivity contribution in [3.05, 3.63) is 48.5 Å². The van der Waals surface area contributed by atoms with E-state index >= 15 is 0 Å². The third-order valence-corrected chi connectivity index (χ3v) is 5.89.